The SMILES string of the molecule is B.P.[SiH4].[V].[Zn]. The fraction of sp³-hybridized carbons (Fsp3) is 0. The molecular formula is H10BPSiVZn. The van der Waals surface area contributed by atoms with Gasteiger partial charge in [0.2, 0.25) is 0 Å². The molecule has 5 heteroatoms. The van der Waals surface area contributed by atoms with Gasteiger partial charge in [-0.05, 0) is 11.0 Å². The molecule has 0 rings (SSSR count). The molecular weight excluding hydrogens is 186 g/mol. The van der Waals surface area contributed by atoms with Crippen LogP contribution in [0.3, 0.4) is 0 Å². The average molecular weight is 196 g/mol. The van der Waals surface area contributed by atoms with Gasteiger partial charge < -0.3 is 0 Å². The molecule has 1 unspecified atom stereocenters. The molecule has 1 atom stereocenters. The van der Waals surface area contributed by atoms with Gasteiger partial charge in [-0.2, -0.15) is 9.90 Å². The smallest absolute Gasteiger partial charge is 0.0814 e. The Labute approximate surface area is 67.1 Å². The molecule has 0 spiro atoms. The van der Waals surface area contributed by atoms with Crippen LogP contribution in [-0.4, -0.2) is 19.4 Å². The van der Waals surface area contributed by atoms with E-state index in [1.54, 1.807) is 0 Å². The molecule has 0 heterocycles. The number of hydrogen-bond acceptors (Lipinski definition) is 0. The second-order valence-corrected chi connectivity index (χ2v) is 0. The van der Waals surface area contributed by atoms with Crippen molar-refractivity contribution in [1.29, 1.82) is 0 Å². The van der Waals surface area contributed by atoms with Crippen LogP contribution in [0.2, 0.25) is 0 Å². The summed E-state index contributed by atoms with van der Waals surface area (Å²) in [6.45, 7) is 0. The summed E-state index contributed by atoms with van der Waals surface area (Å²) in [5.74, 6) is 0. The van der Waals surface area contributed by atoms with Gasteiger partial charge >= 0.3 is 0 Å². The topological polar surface area (TPSA) is 0 Å². The molecule has 0 saturated heterocycles. The average Bonchev–Trinajstić information content (AvgIpc) is 0. The van der Waals surface area contributed by atoms with Crippen LogP contribution in [0.1, 0.15) is 0 Å². The minimum Gasteiger partial charge on any atom is -0.153 e. The zero-order valence-electron chi connectivity index (χ0n) is 1.86. The Morgan fingerprint density at radius 2 is 1.00 bits per heavy atom. The standard InChI is InChI=1S/BH3.H3P.H4Si.V.Zn/h2*1H3;1H4;;. The summed E-state index contributed by atoms with van der Waals surface area (Å²) in [5.41, 5.74) is 0. The van der Waals surface area contributed by atoms with Crippen LogP contribution >= 0.6 is 9.90 Å². The fourth-order valence-corrected chi connectivity index (χ4v) is 0. The molecule has 0 N–H and O–H groups in total. The van der Waals surface area contributed by atoms with E-state index in [1.165, 1.54) is 0 Å². The number of rotatable bonds is 0. The third-order valence-electron chi connectivity index (χ3n) is 0. The summed E-state index contributed by atoms with van der Waals surface area (Å²) in [5, 5.41) is 0. The Balaban J connectivity index is 0. The zero-order chi connectivity index (χ0) is 0. The zero-order valence-corrected chi connectivity index (χ0v) is 7.64. The van der Waals surface area contributed by atoms with Crippen LogP contribution in [0, 0.1) is 0 Å². The van der Waals surface area contributed by atoms with Gasteiger partial charge in [-0.25, -0.2) is 0 Å². The summed E-state index contributed by atoms with van der Waals surface area (Å²) >= 11 is 0. The summed E-state index contributed by atoms with van der Waals surface area (Å²) < 4.78 is 0. The van der Waals surface area contributed by atoms with Crippen LogP contribution in [0.15, 0.2) is 0 Å². The monoisotopic (exact) mass is 195 g/mol. The third kappa shape index (κ3) is 24.7. The molecule has 0 saturated carbocycles. The van der Waals surface area contributed by atoms with Crippen molar-refractivity contribution >= 4 is 29.3 Å². The van der Waals surface area contributed by atoms with Crippen molar-refractivity contribution in [2.24, 2.45) is 0 Å². The van der Waals surface area contributed by atoms with Crippen molar-refractivity contribution in [1.82, 2.24) is 0 Å². The maximum Gasteiger partial charge on any atom is 0.0814 e. The minimum absolute atomic E-state index is 0. The maximum atomic E-state index is 0. The van der Waals surface area contributed by atoms with Crippen molar-refractivity contribution < 1.29 is 38.0 Å². The molecule has 5 heavy (non-hydrogen) atoms. The van der Waals surface area contributed by atoms with Crippen molar-refractivity contribution in [3.8, 4) is 0 Å². The predicted molar refractivity (Wildman–Crippen MR) is 32.4 cm³/mol. The summed E-state index contributed by atoms with van der Waals surface area (Å²) in [7, 11) is 0. The van der Waals surface area contributed by atoms with Crippen molar-refractivity contribution in [3.63, 3.8) is 0 Å². The first-order valence-electron chi connectivity index (χ1n) is 0. The molecule has 0 aromatic heterocycles. The van der Waals surface area contributed by atoms with Gasteiger partial charge in [-0.1, -0.05) is 0 Å². The molecule has 0 bridgehead atoms. The van der Waals surface area contributed by atoms with E-state index in [9.17, 15) is 0 Å². The largest absolute Gasteiger partial charge is 0.153 e. The molecule has 0 aromatic rings. The van der Waals surface area contributed by atoms with Gasteiger partial charge in [0.1, 0.15) is 0 Å². The van der Waals surface area contributed by atoms with Crippen LogP contribution in [0.5, 0.6) is 0 Å². The Hall–Kier alpha value is 1.92. The van der Waals surface area contributed by atoms with E-state index in [1.807, 2.05) is 0 Å². The molecule has 0 aliphatic carbocycles. The van der Waals surface area contributed by atoms with E-state index in [0.29, 0.717) is 0 Å². The summed E-state index contributed by atoms with van der Waals surface area (Å²) in [4.78, 5) is 0. The van der Waals surface area contributed by atoms with Crippen molar-refractivity contribution in [2.75, 3.05) is 0 Å². The van der Waals surface area contributed by atoms with Gasteiger partial charge in [0, 0.05) is 38.0 Å². The Kier molecular flexibility index (Phi) is 512. The van der Waals surface area contributed by atoms with E-state index in [0.717, 1.165) is 0 Å². The van der Waals surface area contributed by atoms with Gasteiger partial charge in [0.15, 0.2) is 0 Å². The van der Waals surface area contributed by atoms with E-state index in [4.69, 9.17) is 0 Å². The predicted octanol–water partition coefficient (Wildman–Crippen LogP) is -2.58. The first-order valence-corrected chi connectivity index (χ1v) is 0. The first kappa shape index (κ1) is 65.8. The quantitative estimate of drug-likeness (QED) is 0.295. The van der Waals surface area contributed by atoms with Gasteiger partial charge in [-0.15, -0.1) is 0 Å². The maximum absolute atomic E-state index is 0. The van der Waals surface area contributed by atoms with Crippen molar-refractivity contribution in [3.05, 3.63) is 0 Å². The Bertz CT molecular complexity index is 11.6. The van der Waals surface area contributed by atoms with E-state index >= 15 is 0 Å². The van der Waals surface area contributed by atoms with Gasteiger partial charge in [0.05, 0.1) is 8.41 Å². The fourth-order valence-electron chi connectivity index (χ4n) is 0. The normalized spacial score (nSPS) is 0. The Morgan fingerprint density at radius 1 is 1.00 bits per heavy atom. The molecule has 0 aliphatic rings. The van der Waals surface area contributed by atoms with E-state index < -0.39 is 0 Å². The summed E-state index contributed by atoms with van der Waals surface area (Å²) in [6, 6.07) is 0. The van der Waals surface area contributed by atoms with E-state index in [2.05, 4.69) is 0 Å². The van der Waals surface area contributed by atoms with Crippen LogP contribution < -0.4 is 0 Å². The minimum atomic E-state index is 0. The van der Waals surface area contributed by atoms with Crippen molar-refractivity contribution in [2.45, 2.75) is 0 Å². The number of hydrogen-bond donors (Lipinski definition) is 0. The van der Waals surface area contributed by atoms with Crippen LogP contribution in [0.25, 0.3) is 0 Å². The Morgan fingerprint density at radius 3 is 1.00 bits per heavy atom. The van der Waals surface area contributed by atoms with Crippen LogP contribution in [0.4, 0.5) is 0 Å². The van der Waals surface area contributed by atoms with E-state index in [-0.39, 0.29) is 67.3 Å². The molecule has 0 aromatic carbocycles. The molecule has 29 valence electrons. The second-order valence-electron chi connectivity index (χ2n) is 0. The molecule has 1 radical (unpaired) electrons. The molecule has 0 amide bonds. The molecule has 0 aliphatic heterocycles. The summed E-state index contributed by atoms with van der Waals surface area (Å²) in [6.07, 6.45) is 0. The third-order valence-corrected chi connectivity index (χ3v) is 0. The van der Waals surface area contributed by atoms with Crippen LogP contribution in [-0.2, 0) is 38.0 Å². The molecule has 0 fully saturated rings. The van der Waals surface area contributed by atoms with Gasteiger partial charge in [-0.3, -0.25) is 0 Å². The molecule has 0 nitrogen and oxygen atoms in total. The first-order chi connectivity index (χ1) is 0. The van der Waals surface area contributed by atoms with Gasteiger partial charge in [0.25, 0.3) is 0 Å². The second kappa shape index (κ2) is 38.9.